The molecule has 2 aromatic rings. The maximum absolute atomic E-state index is 13.7. The van der Waals surface area contributed by atoms with Crippen molar-refractivity contribution in [2.24, 2.45) is 5.92 Å². The number of nitrogens with one attached hydrogen (secondary N) is 1. The molecule has 1 N–H and O–H groups in total. The summed E-state index contributed by atoms with van der Waals surface area (Å²) in [4.78, 5) is 17.8. The predicted octanol–water partition coefficient (Wildman–Crippen LogP) is 3.59. The molecule has 0 spiro atoms. The maximum atomic E-state index is 13.7. The number of ether oxygens (including phenoxy) is 1. The van der Waals surface area contributed by atoms with E-state index in [9.17, 15) is 9.18 Å². The number of halogens is 1. The van der Waals surface area contributed by atoms with E-state index in [0.717, 1.165) is 50.0 Å². The van der Waals surface area contributed by atoms with Crippen LogP contribution in [0.2, 0.25) is 0 Å². The fraction of sp³-hybridized carbons (Fsp3) is 0.423. The molecular weight excluding hydrogens is 405 g/mol. The third kappa shape index (κ3) is 4.05. The fourth-order valence-corrected chi connectivity index (χ4v) is 5.40. The zero-order valence-electron chi connectivity index (χ0n) is 18.1. The number of hydrogen-bond donors (Lipinski definition) is 1. The van der Waals surface area contributed by atoms with E-state index >= 15 is 0 Å². The summed E-state index contributed by atoms with van der Waals surface area (Å²) < 4.78 is 19.3. The van der Waals surface area contributed by atoms with Gasteiger partial charge in [-0.15, -0.1) is 6.42 Å². The van der Waals surface area contributed by atoms with Gasteiger partial charge in [-0.2, -0.15) is 0 Å². The predicted molar refractivity (Wildman–Crippen MR) is 121 cm³/mol. The third-order valence-corrected chi connectivity index (χ3v) is 7.08. The minimum Gasteiger partial charge on any atom is -0.481 e. The normalized spacial score (nSPS) is 26.2. The van der Waals surface area contributed by atoms with E-state index in [-0.39, 0.29) is 30.5 Å². The highest BCUT2D eigenvalue weighted by Crippen LogP contribution is 2.38. The van der Waals surface area contributed by atoms with Crippen molar-refractivity contribution in [1.82, 2.24) is 15.1 Å². The second-order valence-corrected chi connectivity index (χ2v) is 8.94. The average Bonchev–Trinajstić information content (AvgIpc) is 2.83. The molecule has 4 aliphatic heterocycles. The summed E-state index contributed by atoms with van der Waals surface area (Å²) in [5.41, 5.74) is 3.05. The first-order valence-electron chi connectivity index (χ1n) is 11.4. The van der Waals surface area contributed by atoms with Crippen molar-refractivity contribution in [3.8, 4) is 18.1 Å². The standard InChI is InChI=1S/C26H28FN3O2/c1-2-15-32-22-8-5-18-11-14-30(25(23(18)16-22)20-3-6-21(27)7-4-20)26(31)28-24-17-29-12-9-19(24)10-13-29/h1,3-8,16,19,24-25H,9-15,17H2,(H,28,31)/t24-,25-/m0/s1. The molecule has 2 aromatic carbocycles. The van der Waals surface area contributed by atoms with E-state index < -0.39 is 0 Å². The number of terminal acetylenes is 1. The number of amides is 2. The van der Waals surface area contributed by atoms with Crippen LogP contribution in [0.1, 0.15) is 35.6 Å². The van der Waals surface area contributed by atoms with Crippen LogP contribution < -0.4 is 10.1 Å². The molecule has 4 aliphatic rings. The second kappa shape index (κ2) is 8.84. The van der Waals surface area contributed by atoms with Crippen LogP contribution in [-0.2, 0) is 6.42 Å². The summed E-state index contributed by atoms with van der Waals surface area (Å²) in [6.07, 6.45) is 8.40. The van der Waals surface area contributed by atoms with Crippen LogP contribution in [0.5, 0.6) is 5.75 Å². The lowest BCUT2D eigenvalue weighted by Crippen LogP contribution is -2.59. The summed E-state index contributed by atoms with van der Waals surface area (Å²) >= 11 is 0. The second-order valence-electron chi connectivity index (χ2n) is 8.94. The Hall–Kier alpha value is -3.04. The summed E-state index contributed by atoms with van der Waals surface area (Å²) in [7, 11) is 0. The molecule has 3 saturated heterocycles. The number of carbonyl (C=O) groups is 1. The minimum atomic E-state index is -0.310. The van der Waals surface area contributed by atoms with Gasteiger partial charge < -0.3 is 19.9 Å². The molecule has 2 amide bonds. The van der Waals surface area contributed by atoms with Crippen molar-refractivity contribution in [1.29, 1.82) is 0 Å². The summed E-state index contributed by atoms with van der Waals surface area (Å²) in [5, 5.41) is 3.32. The van der Waals surface area contributed by atoms with Crippen LogP contribution in [-0.4, -0.2) is 54.7 Å². The third-order valence-electron chi connectivity index (χ3n) is 7.08. The molecule has 6 heteroatoms. The van der Waals surface area contributed by atoms with Crippen LogP contribution in [0.3, 0.4) is 0 Å². The molecule has 166 valence electrons. The zero-order chi connectivity index (χ0) is 22.1. The Kier molecular flexibility index (Phi) is 5.75. The van der Waals surface area contributed by atoms with E-state index in [1.807, 2.05) is 23.1 Å². The quantitative estimate of drug-likeness (QED) is 0.750. The SMILES string of the molecule is C#CCOc1ccc2c(c1)[C@H](c1ccc(F)cc1)N(C(=O)N[C@H]1CN3CCC1CC3)CC2. The highest BCUT2D eigenvalue weighted by Gasteiger charge is 2.38. The van der Waals surface area contributed by atoms with Gasteiger partial charge in [0, 0.05) is 19.1 Å². The molecule has 2 bridgehead atoms. The van der Waals surface area contributed by atoms with E-state index in [2.05, 4.69) is 16.1 Å². The van der Waals surface area contributed by atoms with Gasteiger partial charge in [-0.25, -0.2) is 9.18 Å². The highest BCUT2D eigenvalue weighted by atomic mass is 19.1. The Balaban J connectivity index is 1.45. The molecule has 0 saturated carbocycles. The van der Waals surface area contributed by atoms with Gasteiger partial charge in [0.05, 0.1) is 6.04 Å². The summed E-state index contributed by atoms with van der Waals surface area (Å²) in [5.74, 6) is 3.42. The van der Waals surface area contributed by atoms with Crippen LogP contribution in [0.4, 0.5) is 9.18 Å². The lowest BCUT2D eigenvalue weighted by molar-refractivity contribution is 0.0715. The van der Waals surface area contributed by atoms with E-state index in [4.69, 9.17) is 11.2 Å². The minimum absolute atomic E-state index is 0.0568. The Labute approximate surface area is 188 Å². The summed E-state index contributed by atoms with van der Waals surface area (Å²) in [6, 6.07) is 12.2. The van der Waals surface area contributed by atoms with E-state index in [1.54, 1.807) is 12.1 Å². The Morgan fingerprint density at radius 1 is 1.16 bits per heavy atom. The van der Waals surface area contributed by atoms with Crippen LogP contribution in [0.25, 0.3) is 0 Å². The van der Waals surface area contributed by atoms with E-state index in [1.165, 1.54) is 17.7 Å². The monoisotopic (exact) mass is 433 g/mol. The first-order chi connectivity index (χ1) is 15.6. The van der Waals surface area contributed by atoms with Crippen molar-refractivity contribution in [3.63, 3.8) is 0 Å². The van der Waals surface area contributed by atoms with Gasteiger partial charge in [0.2, 0.25) is 0 Å². The van der Waals surface area contributed by atoms with Crippen molar-refractivity contribution < 1.29 is 13.9 Å². The molecule has 32 heavy (non-hydrogen) atoms. The smallest absolute Gasteiger partial charge is 0.318 e. The van der Waals surface area contributed by atoms with Gasteiger partial charge in [-0.05, 0) is 79.2 Å². The number of rotatable bonds is 4. The van der Waals surface area contributed by atoms with Gasteiger partial charge in [-0.1, -0.05) is 24.1 Å². The van der Waals surface area contributed by atoms with Crippen LogP contribution in [0, 0.1) is 24.1 Å². The van der Waals surface area contributed by atoms with Crippen molar-refractivity contribution in [2.75, 3.05) is 32.8 Å². The zero-order valence-corrected chi connectivity index (χ0v) is 18.1. The molecule has 0 aliphatic carbocycles. The Morgan fingerprint density at radius 3 is 2.62 bits per heavy atom. The fourth-order valence-electron chi connectivity index (χ4n) is 5.40. The largest absolute Gasteiger partial charge is 0.481 e. The molecule has 0 radical (unpaired) electrons. The van der Waals surface area contributed by atoms with Crippen molar-refractivity contribution in [2.45, 2.75) is 31.3 Å². The lowest BCUT2D eigenvalue weighted by Gasteiger charge is -2.46. The Morgan fingerprint density at radius 2 is 1.94 bits per heavy atom. The van der Waals surface area contributed by atoms with Gasteiger partial charge in [0.25, 0.3) is 0 Å². The maximum Gasteiger partial charge on any atom is 0.318 e. The van der Waals surface area contributed by atoms with Gasteiger partial charge in [0.15, 0.2) is 0 Å². The molecular formula is C26H28FN3O2. The highest BCUT2D eigenvalue weighted by molar-refractivity contribution is 5.76. The number of piperidine rings is 3. The van der Waals surface area contributed by atoms with Gasteiger partial charge in [0.1, 0.15) is 18.2 Å². The molecule has 0 aromatic heterocycles. The van der Waals surface area contributed by atoms with Crippen LogP contribution >= 0.6 is 0 Å². The molecule has 3 fully saturated rings. The van der Waals surface area contributed by atoms with E-state index in [0.29, 0.717) is 18.2 Å². The Bertz CT molecular complexity index is 1020. The van der Waals surface area contributed by atoms with Gasteiger partial charge >= 0.3 is 6.03 Å². The van der Waals surface area contributed by atoms with Gasteiger partial charge in [-0.3, -0.25) is 0 Å². The number of carbonyl (C=O) groups excluding carboxylic acids is 1. The molecule has 5 nitrogen and oxygen atoms in total. The molecule has 4 heterocycles. The first kappa shape index (κ1) is 20.8. The average molecular weight is 434 g/mol. The number of hydrogen-bond acceptors (Lipinski definition) is 3. The molecule has 2 atom stereocenters. The number of nitrogens with zero attached hydrogens (tertiary/aromatic N) is 2. The number of benzene rings is 2. The first-order valence-corrected chi connectivity index (χ1v) is 11.4. The summed E-state index contributed by atoms with van der Waals surface area (Å²) in [6.45, 7) is 3.97. The number of fused-ring (bicyclic) bond motifs is 4. The van der Waals surface area contributed by atoms with Crippen molar-refractivity contribution >= 4 is 6.03 Å². The lowest BCUT2D eigenvalue weighted by atomic mass is 9.84. The van der Waals surface area contributed by atoms with Crippen molar-refractivity contribution in [3.05, 3.63) is 65.0 Å². The topological polar surface area (TPSA) is 44.8 Å². The van der Waals surface area contributed by atoms with Crippen LogP contribution in [0.15, 0.2) is 42.5 Å². The molecule has 6 rings (SSSR count). The number of urea groups is 1. The molecule has 0 unspecified atom stereocenters.